The average Bonchev–Trinajstić information content (AvgIpc) is 3.25. The number of halogens is 3. The Kier molecular flexibility index (Phi) is 6.99. The maximum atomic E-state index is 14.0. The Morgan fingerprint density at radius 2 is 1.68 bits per heavy atom. The van der Waals surface area contributed by atoms with E-state index in [1.54, 1.807) is 12.3 Å². The highest BCUT2D eigenvalue weighted by atomic mass is 19.1. The fourth-order valence-corrected chi connectivity index (χ4v) is 4.99. The van der Waals surface area contributed by atoms with Crippen LogP contribution in [-0.2, 0) is 17.6 Å². The SMILES string of the molecule is Cc1ccc(-c2cncnc2[C@H](CC(=O)CC2=CCc3ccc(F)cc32)Cc2cc(F)cc(F)c2)cc1. The van der Waals surface area contributed by atoms with Gasteiger partial charge in [-0.15, -0.1) is 0 Å². The van der Waals surface area contributed by atoms with Crippen molar-refractivity contribution < 1.29 is 18.0 Å². The summed E-state index contributed by atoms with van der Waals surface area (Å²) in [6.45, 7) is 1.99. The maximum absolute atomic E-state index is 14.0. The molecule has 0 bridgehead atoms. The monoisotopic (exact) mass is 498 g/mol. The first-order valence-electron chi connectivity index (χ1n) is 12.2. The summed E-state index contributed by atoms with van der Waals surface area (Å²) >= 11 is 0. The largest absolute Gasteiger partial charge is 0.299 e. The second kappa shape index (κ2) is 10.5. The predicted molar refractivity (Wildman–Crippen MR) is 137 cm³/mol. The minimum atomic E-state index is -0.670. The smallest absolute Gasteiger partial charge is 0.137 e. The number of nitrogens with zero attached hydrogens (tertiary/aromatic N) is 2. The molecule has 0 unspecified atom stereocenters. The van der Waals surface area contributed by atoms with Gasteiger partial charge in [-0.2, -0.15) is 0 Å². The molecule has 1 aromatic heterocycles. The van der Waals surface area contributed by atoms with Crippen LogP contribution in [-0.4, -0.2) is 15.8 Å². The molecule has 1 heterocycles. The number of rotatable bonds is 8. The number of carbonyl (C=O) groups is 1. The summed E-state index contributed by atoms with van der Waals surface area (Å²) in [5, 5.41) is 0. The number of benzene rings is 3. The topological polar surface area (TPSA) is 42.9 Å². The lowest BCUT2D eigenvalue weighted by Gasteiger charge is -2.20. The van der Waals surface area contributed by atoms with E-state index in [0.29, 0.717) is 17.7 Å². The van der Waals surface area contributed by atoms with Gasteiger partial charge in [0.05, 0.1) is 5.69 Å². The molecule has 0 spiro atoms. The molecule has 0 N–H and O–H groups in total. The van der Waals surface area contributed by atoms with Gasteiger partial charge >= 0.3 is 0 Å². The van der Waals surface area contributed by atoms with Crippen molar-refractivity contribution in [2.24, 2.45) is 0 Å². The zero-order valence-corrected chi connectivity index (χ0v) is 20.3. The second-order valence-electron chi connectivity index (χ2n) is 9.52. The average molecular weight is 499 g/mol. The van der Waals surface area contributed by atoms with E-state index in [9.17, 15) is 18.0 Å². The Bertz CT molecular complexity index is 1470. The van der Waals surface area contributed by atoms with Crippen molar-refractivity contribution in [1.82, 2.24) is 9.97 Å². The fraction of sp³-hybridized carbons (Fsp3) is 0.194. The third kappa shape index (κ3) is 5.69. The fourth-order valence-electron chi connectivity index (χ4n) is 4.99. The minimum Gasteiger partial charge on any atom is -0.299 e. The Labute approximate surface area is 213 Å². The number of hydrogen-bond donors (Lipinski definition) is 0. The molecule has 0 aliphatic heterocycles. The standard InChI is InChI=1S/C31H25F3N2O/c1-19-2-4-22(5-3-19)30-17-35-18-36-31(30)24(10-20-11-26(33)15-27(34)12-20)14-28(37)13-23-7-6-21-8-9-25(32)16-29(21)23/h2-5,7-9,11-12,15-18,24H,6,10,13-14H2,1H3/t24-/m0/s1. The molecular weight excluding hydrogens is 473 g/mol. The Balaban J connectivity index is 1.47. The summed E-state index contributed by atoms with van der Waals surface area (Å²) in [7, 11) is 0. The lowest BCUT2D eigenvalue weighted by molar-refractivity contribution is -0.118. The summed E-state index contributed by atoms with van der Waals surface area (Å²) in [6.07, 6.45) is 6.23. The van der Waals surface area contributed by atoms with Crippen LogP contribution in [0.15, 0.2) is 79.3 Å². The number of fused-ring (bicyclic) bond motifs is 1. The molecule has 0 saturated heterocycles. The van der Waals surface area contributed by atoms with Gasteiger partial charge in [-0.25, -0.2) is 23.1 Å². The van der Waals surface area contributed by atoms with E-state index in [2.05, 4.69) is 9.97 Å². The Hall–Kier alpha value is -4.06. The number of aromatic nitrogens is 2. The van der Waals surface area contributed by atoms with Crippen molar-refractivity contribution in [3.8, 4) is 11.1 Å². The van der Waals surface area contributed by atoms with E-state index < -0.39 is 17.6 Å². The molecule has 37 heavy (non-hydrogen) atoms. The van der Waals surface area contributed by atoms with E-state index in [1.807, 2.05) is 37.3 Å². The van der Waals surface area contributed by atoms with Crippen LogP contribution in [0.4, 0.5) is 13.2 Å². The van der Waals surface area contributed by atoms with Gasteiger partial charge in [0.15, 0.2) is 0 Å². The van der Waals surface area contributed by atoms with Gasteiger partial charge in [-0.3, -0.25) is 4.79 Å². The van der Waals surface area contributed by atoms with Crippen molar-refractivity contribution in [2.75, 3.05) is 0 Å². The first kappa shape index (κ1) is 24.6. The molecule has 1 aliphatic rings. The minimum absolute atomic E-state index is 0.0568. The van der Waals surface area contributed by atoms with E-state index in [-0.39, 0.29) is 30.9 Å². The lowest BCUT2D eigenvalue weighted by Crippen LogP contribution is -2.13. The van der Waals surface area contributed by atoms with Crippen LogP contribution >= 0.6 is 0 Å². The van der Waals surface area contributed by atoms with Crippen LogP contribution in [0.2, 0.25) is 0 Å². The van der Waals surface area contributed by atoms with Crippen LogP contribution in [0, 0.1) is 24.4 Å². The third-order valence-corrected chi connectivity index (χ3v) is 6.74. The zero-order chi connectivity index (χ0) is 25.9. The first-order chi connectivity index (χ1) is 17.9. The highest BCUT2D eigenvalue weighted by Gasteiger charge is 2.25. The molecule has 1 atom stereocenters. The van der Waals surface area contributed by atoms with Gasteiger partial charge in [-0.1, -0.05) is 42.0 Å². The number of aryl methyl sites for hydroxylation is 1. The van der Waals surface area contributed by atoms with Crippen molar-refractivity contribution in [1.29, 1.82) is 0 Å². The Morgan fingerprint density at radius 1 is 0.919 bits per heavy atom. The van der Waals surface area contributed by atoms with Gasteiger partial charge in [0, 0.05) is 36.6 Å². The van der Waals surface area contributed by atoms with E-state index in [1.165, 1.54) is 30.6 Å². The highest BCUT2D eigenvalue weighted by Crippen LogP contribution is 2.35. The second-order valence-corrected chi connectivity index (χ2v) is 9.52. The summed E-state index contributed by atoms with van der Waals surface area (Å²) in [5.74, 6) is -2.18. The van der Waals surface area contributed by atoms with Gasteiger partial charge in [-0.05, 0) is 71.9 Å². The van der Waals surface area contributed by atoms with Gasteiger partial charge in [0.25, 0.3) is 0 Å². The summed E-state index contributed by atoms with van der Waals surface area (Å²) in [6, 6.07) is 15.9. The molecule has 0 radical (unpaired) electrons. The molecule has 0 fully saturated rings. The Morgan fingerprint density at radius 3 is 2.43 bits per heavy atom. The van der Waals surface area contributed by atoms with E-state index >= 15 is 0 Å². The summed E-state index contributed by atoms with van der Waals surface area (Å²) < 4.78 is 41.9. The van der Waals surface area contributed by atoms with Crippen LogP contribution in [0.1, 0.15) is 46.7 Å². The summed E-state index contributed by atoms with van der Waals surface area (Å²) in [5.41, 5.74) is 6.41. The molecule has 6 heteroatoms. The molecule has 3 aromatic carbocycles. The number of hydrogen-bond acceptors (Lipinski definition) is 3. The number of ketones is 1. The highest BCUT2D eigenvalue weighted by molar-refractivity contribution is 5.92. The number of allylic oxidation sites excluding steroid dienone is 2. The maximum Gasteiger partial charge on any atom is 0.137 e. The molecule has 1 aliphatic carbocycles. The van der Waals surface area contributed by atoms with Crippen molar-refractivity contribution in [2.45, 2.75) is 38.5 Å². The first-order valence-corrected chi connectivity index (χ1v) is 12.2. The quantitative estimate of drug-likeness (QED) is 0.258. The molecule has 186 valence electrons. The van der Waals surface area contributed by atoms with E-state index in [4.69, 9.17) is 0 Å². The molecular formula is C31H25F3N2O. The van der Waals surface area contributed by atoms with Crippen LogP contribution < -0.4 is 0 Å². The van der Waals surface area contributed by atoms with Gasteiger partial charge in [0.1, 0.15) is 29.6 Å². The zero-order valence-electron chi connectivity index (χ0n) is 20.3. The molecule has 0 saturated carbocycles. The molecule has 0 amide bonds. The summed E-state index contributed by atoms with van der Waals surface area (Å²) in [4.78, 5) is 22.1. The third-order valence-electron chi connectivity index (χ3n) is 6.74. The number of Topliss-reactive ketones (excluding diaryl/α,β-unsaturated/α-hetero) is 1. The van der Waals surface area contributed by atoms with Gasteiger partial charge in [0.2, 0.25) is 0 Å². The van der Waals surface area contributed by atoms with Crippen molar-refractivity contribution in [3.05, 3.63) is 125 Å². The lowest BCUT2D eigenvalue weighted by atomic mass is 9.86. The molecule has 5 rings (SSSR count). The normalized spacial score (nSPS) is 13.2. The molecule has 3 nitrogen and oxygen atoms in total. The van der Waals surface area contributed by atoms with E-state index in [0.717, 1.165) is 39.5 Å². The van der Waals surface area contributed by atoms with Crippen molar-refractivity contribution >= 4 is 11.4 Å². The van der Waals surface area contributed by atoms with Crippen molar-refractivity contribution in [3.63, 3.8) is 0 Å². The van der Waals surface area contributed by atoms with Crippen LogP contribution in [0.3, 0.4) is 0 Å². The van der Waals surface area contributed by atoms with Gasteiger partial charge < -0.3 is 0 Å². The number of carbonyl (C=O) groups excluding carboxylic acids is 1. The van der Waals surface area contributed by atoms with Crippen LogP contribution in [0.5, 0.6) is 0 Å². The predicted octanol–water partition coefficient (Wildman–Crippen LogP) is 7.18. The van der Waals surface area contributed by atoms with Crippen LogP contribution in [0.25, 0.3) is 16.7 Å². The molecule has 4 aromatic rings.